The molecular weight excluding hydrogens is 262 g/mol. The fraction of sp³-hybridized carbons (Fsp3) is 0.429. The van der Waals surface area contributed by atoms with E-state index < -0.39 is 5.91 Å². The van der Waals surface area contributed by atoms with Crippen molar-refractivity contribution in [3.63, 3.8) is 0 Å². The Morgan fingerprint density at radius 3 is 2.65 bits per heavy atom. The molecule has 1 aliphatic heterocycles. The van der Waals surface area contributed by atoms with Crippen molar-refractivity contribution in [2.45, 2.75) is 6.92 Å². The quantitative estimate of drug-likeness (QED) is 0.622. The molecular formula is C14H17NO5. The first-order chi connectivity index (χ1) is 9.43. The molecule has 0 aromatic heterocycles. The smallest absolute Gasteiger partial charge is 0.310 e. The van der Waals surface area contributed by atoms with Crippen molar-refractivity contribution in [2.75, 3.05) is 20.2 Å². The van der Waals surface area contributed by atoms with Crippen molar-refractivity contribution < 1.29 is 24.5 Å². The molecule has 6 heteroatoms. The molecule has 2 unspecified atom stereocenters. The van der Waals surface area contributed by atoms with Crippen molar-refractivity contribution in [2.24, 2.45) is 11.8 Å². The fourth-order valence-corrected chi connectivity index (χ4v) is 2.46. The van der Waals surface area contributed by atoms with Crippen LogP contribution >= 0.6 is 0 Å². The zero-order chi connectivity index (χ0) is 14.9. The summed E-state index contributed by atoms with van der Waals surface area (Å²) in [5, 5.41) is 19.1. The van der Waals surface area contributed by atoms with Crippen molar-refractivity contribution in [1.82, 2.24) is 4.90 Å². The third kappa shape index (κ3) is 2.54. The number of ether oxygens (including phenoxy) is 1. The summed E-state index contributed by atoms with van der Waals surface area (Å²) in [7, 11) is 1.32. The van der Waals surface area contributed by atoms with Gasteiger partial charge >= 0.3 is 5.97 Å². The van der Waals surface area contributed by atoms with Gasteiger partial charge in [-0.3, -0.25) is 9.59 Å². The van der Waals surface area contributed by atoms with E-state index in [9.17, 15) is 19.8 Å². The molecule has 1 saturated heterocycles. The van der Waals surface area contributed by atoms with E-state index >= 15 is 0 Å². The van der Waals surface area contributed by atoms with Gasteiger partial charge < -0.3 is 19.8 Å². The molecule has 1 aromatic carbocycles. The molecule has 0 spiro atoms. The van der Waals surface area contributed by atoms with Crippen LogP contribution in [0.25, 0.3) is 0 Å². The van der Waals surface area contributed by atoms with E-state index in [-0.39, 0.29) is 41.4 Å². The van der Waals surface area contributed by atoms with Crippen molar-refractivity contribution in [1.29, 1.82) is 0 Å². The number of phenolic OH excluding ortho intramolecular Hbond substituents is 2. The molecule has 2 rings (SSSR count). The van der Waals surface area contributed by atoms with Crippen LogP contribution in [0.3, 0.4) is 0 Å². The van der Waals surface area contributed by atoms with Gasteiger partial charge in [0.15, 0.2) is 0 Å². The number of phenols is 2. The van der Waals surface area contributed by atoms with E-state index in [0.29, 0.717) is 6.54 Å². The lowest BCUT2D eigenvalue weighted by atomic mass is 9.99. The highest BCUT2D eigenvalue weighted by molar-refractivity contribution is 5.97. The molecule has 0 saturated carbocycles. The van der Waals surface area contributed by atoms with E-state index in [2.05, 4.69) is 0 Å². The largest absolute Gasteiger partial charge is 0.508 e. The maximum Gasteiger partial charge on any atom is 0.310 e. The summed E-state index contributed by atoms with van der Waals surface area (Å²) in [6, 6.07) is 3.78. The summed E-state index contributed by atoms with van der Waals surface area (Å²) in [6.07, 6.45) is 0. The number of amides is 1. The molecule has 20 heavy (non-hydrogen) atoms. The number of likely N-dealkylation sites (tertiary alicyclic amines) is 1. The predicted octanol–water partition coefficient (Wildman–Crippen LogP) is 0.979. The van der Waals surface area contributed by atoms with E-state index in [1.807, 2.05) is 6.92 Å². The summed E-state index contributed by atoms with van der Waals surface area (Å²) in [5.41, 5.74) is 0.0303. The Balaban J connectivity index is 2.19. The van der Waals surface area contributed by atoms with Crippen LogP contribution in [-0.4, -0.2) is 47.2 Å². The molecule has 1 amide bonds. The summed E-state index contributed by atoms with van der Waals surface area (Å²) >= 11 is 0. The van der Waals surface area contributed by atoms with Crippen LogP contribution in [0.1, 0.15) is 17.3 Å². The number of aromatic hydroxyl groups is 2. The average Bonchev–Trinajstić information content (AvgIpc) is 2.82. The number of rotatable bonds is 2. The van der Waals surface area contributed by atoms with Crippen LogP contribution in [0.4, 0.5) is 0 Å². The fourth-order valence-electron chi connectivity index (χ4n) is 2.46. The minimum absolute atomic E-state index is 0.00847. The maximum absolute atomic E-state index is 12.3. The Morgan fingerprint density at radius 1 is 1.30 bits per heavy atom. The number of carbonyl (C=O) groups excluding carboxylic acids is 2. The van der Waals surface area contributed by atoms with Crippen LogP contribution < -0.4 is 0 Å². The summed E-state index contributed by atoms with van der Waals surface area (Å²) in [5.74, 6) is -1.40. The molecule has 1 aromatic rings. The lowest BCUT2D eigenvalue weighted by Crippen LogP contribution is -2.30. The second-order valence-corrected chi connectivity index (χ2v) is 5.02. The Bertz CT molecular complexity index is 542. The molecule has 6 nitrogen and oxygen atoms in total. The maximum atomic E-state index is 12.3. The van der Waals surface area contributed by atoms with Crippen LogP contribution in [0.2, 0.25) is 0 Å². The molecule has 0 radical (unpaired) electrons. The van der Waals surface area contributed by atoms with E-state index in [0.717, 1.165) is 0 Å². The third-order valence-electron chi connectivity index (χ3n) is 3.61. The Kier molecular flexibility index (Phi) is 3.83. The Labute approximate surface area is 116 Å². The van der Waals surface area contributed by atoms with Crippen molar-refractivity contribution in [3.05, 3.63) is 23.8 Å². The number of hydrogen-bond donors (Lipinski definition) is 2. The van der Waals surface area contributed by atoms with Crippen LogP contribution in [0.5, 0.6) is 11.5 Å². The lowest BCUT2D eigenvalue weighted by molar-refractivity contribution is -0.146. The van der Waals surface area contributed by atoms with Gasteiger partial charge in [0.25, 0.3) is 5.91 Å². The highest BCUT2D eigenvalue weighted by atomic mass is 16.5. The van der Waals surface area contributed by atoms with Gasteiger partial charge in [-0.1, -0.05) is 6.92 Å². The zero-order valence-electron chi connectivity index (χ0n) is 11.4. The van der Waals surface area contributed by atoms with Crippen LogP contribution in [0.15, 0.2) is 18.2 Å². The standard InChI is InChI=1S/C14H17NO5/c1-8-6-15(7-11(8)14(19)20-2)13(18)10-5-9(16)3-4-12(10)17/h3-5,8,11,16-17H,6-7H2,1-2H3. The molecule has 0 aliphatic carbocycles. The van der Waals surface area contributed by atoms with Gasteiger partial charge in [-0.25, -0.2) is 0 Å². The predicted molar refractivity (Wildman–Crippen MR) is 70.3 cm³/mol. The normalized spacial score (nSPS) is 21.8. The molecule has 108 valence electrons. The molecule has 1 heterocycles. The highest BCUT2D eigenvalue weighted by Crippen LogP contribution is 2.29. The molecule has 1 aliphatic rings. The first-order valence-corrected chi connectivity index (χ1v) is 6.33. The van der Waals surface area contributed by atoms with E-state index in [1.54, 1.807) is 0 Å². The number of esters is 1. The first kappa shape index (κ1) is 14.2. The summed E-state index contributed by atoms with van der Waals surface area (Å²) in [4.78, 5) is 25.4. The third-order valence-corrected chi connectivity index (χ3v) is 3.61. The molecule has 2 atom stereocenters. The topological polar surface area (TPSA) is 87.1 Å². The highest BCUT2D eigenvalue weighted by Gasteiger charge is 2.38. The number of nitrogens with zero attached hydrogens (tertiary/aromatic N) is 1. The van der Waals surface area contributed by atoms with Gasteiger partial charge in [-0.15, -0.1) is 0 Å². The van der Waals surface area contributed by atoms with E-state index in [1.165, 1.54) is 30.2 Å². The lowest BCUT2D eigenvalue weighted by Gasteiger charge is -2.17. The molecule has 0 bridgehead atoms. The minimum atomic E-state index is -0.406. The van der Waals surface area contributed by atoms with Crippen LogP contribution in [0, 0.1) is 11.8 Å². The number of benzene rings is 1. The number of carbonyl (C=O) groups is 2. The molecule has 1 fully saturated rings. The minimum Gasteiger partial charge on any atom is -0.508 e. The van der Waals surface area contributed by atoms with Gasteiger partial charge in [0.1, 0.15) is 11.5 Å². The number of hydrogen-bond acceptors (Lipinski definition) is 5. The van der Waals surface area contributed by atoms with E-state index in [4.69, 9.17) is 4.74 Å². The van der Waals surface area contributed by atoms with Gasteiger partial charge in [0, 0.05) is 13.1 Å². The summed E-state index contributed by atoms with van der Waals surface area (Å²) in [6.45, 7) is 2.53. The second kappa shape index (κ2) is 5.40. The van der Waals surface area contributed by atoms with Gasteiger partial charge in [-0.2, -0.15) is 0 Å². The average molecular weight is 279 g/mol. The van der Waals surface area contributed by atoms with Gasteiger partial charge in [0.05, 0.1) is 18.6 Å². The monoisotopic (exact) mass is 279 g/mol. The number of methoxy groups -OCH3 is 1. The SMILES string of the molecule is COC(=O)C1CN(C(=O)c2cc(O)ccc2O)CC1C. The Hall–Kier alpha value is -2.24. The van der Waals surface area contributed by atoms with Gasteiger partial charge in [-0.05, 0) is 24.1 Å². The molecule has 2 N–H and O–H groups in total. The summed E-state index contributed by atoms with van der Waals surface area (Å²) < 4.78 is 4.71. The first-order valence-electron chi connectivity index (χ1n) is 6.33. The van der Waals surface area contributed by atoms with Crippen molar-refractivity contribution >= 4 is 11.9 Å². The zero-order valence-corrected chi connectivity index (χ0v) is 11.4. The van der Waals surface area contributed by atoms with Gasteiger partial charge in [0.2, 0.25) is 0 Å². The Morgan fingerprint density at radius 2 is 2.00 bits per heavy atom. The second-order valence-electron chi connectivity index (χ2n) is 5.02. The van der Waals surface area contributed by atoms with Crippen molar-refractivity contribution in [3.8, 4) is 11.5 Å². The van der Waals surface area contributed by atoms with Crippen LogP contribution in [-0.2, 0) is 9.53 Å².